The summed E-state index contributed by atoms with van der Waals surface area (Å²) in [5, 5.41) is 0.671. The highest BCUT2D eigenvalue weighted by Crippen LogP contribution is 2.36. The molecule has 1 unspecified atom stereocenters. The van der Waals surface area contributed by atoms with Gasteiger partial charge in [0.15, 0.2) is 5.17 Å². The first-order valence-electron chi connectivity index (χ1n) is 8.93. The van der Waals surface area contributed by atoms with E-state index in [2.05, 4.69) is 36.2 Å². The molecule has 2 aromatic carbocycles. The van der Waals surface area contributed by atoms with Crippen molar-refractivity contribution < 1.29 is 9.47 Å². The molecule has 0 aromatic heterocycles. The van der Waals surface area contributed by atoms with Gasteiger partial charge in [-0.05, 0) is 61.6 Å². The molecular formula is C21H27ClN2O2S. The van der Waals surface area contributed by atoms with Crippen molar-refractivity contribution in [2.24, 2.45) is 10.7 Å². The van der Waals surface area contributed by atoms with Gasteiger partial charge in [0.1, 0.15) is 11.5 Å². The number of amidine groups is 1. The third-order valence-electron chi connectivity index (χ3n) is 4.69. The lowest BCUT2D eigenvalue weighted by molar-refractivity contribution is 0.309. The smallest absolute Gasteiger partial charge is 0.154 e. The van der Waals surface area contributed by atoms with E-state index in [9.17, 15) is 0 Å². The van der Waals surface area contributed by atoms with Gasteiger partial charge in [0.05, 0.1) is 19.3 Å². The lowest BCUT2D eigenvalue weighted by Crippen LogP contribution is -2.28. The number of hydrogen-bond donors (Lipinski definition) is 1. The van der Waals surface area contributed by atoms with Gasteiger partial charge in [0.25, 0.3) is 0 Å². The van der Waals surface area contributed by atoms with E-state index in [1.54, 1.807) is 18.9 Å². The summed E-state index contributed by atoms with van der Waals surface area (Å²) in [5.74, 6) is 2.78. The van der Waals surface area contributed by atoms with Gasteiger partial charge in [-0.25, -0.2) is 0 Å². The molecule has 6 heteroatoms. The number of thioether (sulfide) groups is 1. The standard InChI is InChI=1S/C21H26N2O2S.ClH/c1-21(12-14-26-20(22)23-21)17-6-3-7-19(15-17)25-13-4-5-16-8-10-18(24-2)11-9-16;/h3,6-11,15H,4-5,12-14H2,1-2H3,(H2,22,23);1H. The molecule has 1 aliphatic rings. The number of aryl methyl sites for hydroxylation is 1. The van der Waals surface area contributed by atoms with Crippen LogP contribution in [0.1, 0.15) is 30.9 Å². The van der Waals surface area contributed by atoms with E-state index < -0.39 is 0 Å². The van der Waals surface area contributed by atoms with Gasteiger partial charge in [-0.2, -0.15) is 0 Å². The Morgan fingerprint density at radius 3 is 2.63 bits per heavy atom. The predicted octanol–water partition coefficient (Wildman–Crippen LogP) is 4.80. The maximum absolute atomic E-state index is 5.97. The molecule has 146 valence electrons. The van der Waals surface area contributed by atoms with Crippen molar-refractivity contribution in [3.63, 3.8) is 0 Å². The van der Waals surface area contributed by atoms with Gasteiger partial charge in [0.2, 0.25) is 0 Å². The van der Waals surface area contributed by atoms with Crippen LogP contribution in [-0.2, 0) is 12.0 Å². The van der Waals surface area contributed by atoms with Crippen LogP contribution < -0.4 is 15.2 Å². The fourth-order valence-corrected chi connectivity index (χ4v) is 4.05. The minimum absolute atomic E-state index is 0. The average Bonchev–Trinajstić information content (AvgIpc) is 2.66. The second-order valence-electron chi connectivity index (χ2n) is 6.65. The molecule has 2 aromatic rings. The minimum atomic E-state index is -0.252. The van der Waals surface area contributed by atoms with Gasteiger partial charge in [-0.15, -0.1) is 12.4 Å². The summed E-state index contributed by atoms with van der Waals surface area (Å²) >= 11 is 1.62. The number of ether oxygens (including phenoxy) is 2. The third kappa shape index (κ3) is 5.81. The zero-order valence-electron chi connectivity index (χ0n) is 15.8. The monoisotopic (exact) mass is 406 g/mol. The van der Waals surface area contributed by atoms with E-state index in [1.165, 1.54) is 5.56 Å². The summed E-state index contributed by atoms with van der Waals surface area (Å²) in [6, 6.07) is 16.4. The Morgan fingerprint density at radius 2 is 1.93 bits per heavy atom. The Bertz CT molecular complexity index is 767. The second-order valence-corrected chi connectivity index (χ2v) is 7.77. The van der Waals surface area contributed by atoms with E-state index >= 15 is 0 Å². The van der Waals surface area contributed by atoms with Crippen LogP contribution >= 0.6 is 24.2 Å². The molecule has 0 bridgehead atoms. The Balaban J connectivity index is 0.00000261. The normalized spacial score (nSPS) is 19.0. The van der Waals surface area contributed by atoms with Gasteiger partial charge >= 0.3 is 0 Å². The lowest BCUT2D eigenvalue weighted by Gasteiger charge is -2.30. The number of halogens is 1. The number of rotatable bonds is 7. The molecule has 27 heavy (non-hydrogen) atoms. The number of aliphatic imine (C=N–C) groups is 1. The zero-order valence-corrected chi connectivity index (χ0v) is 17.4. The average molecular weight is 407 g/mol. The van der Waals surface area contributed by atoms with Crippen molar-refractivity contribution in [3.8, 4) is 11.5 Å². The fraction of sp³-hybridized carbons (Fsp3) is 0.381. The van der Waals surface area contributed by atoms with Crippen LogP contribution in [0.2, 0.25) is 0 Å². The van der Waals surface area contributed by atoms with Crippen LogP contribution in [-0.4, -0.2) is 24.6 Å². The van der Waals surface area contributed by atoms with Crippen LogP contribution in [0.5, 0.6) is 11.5 Å². The van der Waals surface area contributed by atoms with E-state index in [-0.39, 0.29) is 17.9 Å². The third-order valence-corrected chi connectivity index (χ3v) is 5.48. The van der Waals surface area contributed by atoms with Gasteiger partial charge in [0, 0.05) is 5.75 Å². The molecule has 0 aliphatic carbocycles. The molecular weight excluding hydrogens is 380 g/mol. The van der Waals surface area contributed by atoms with Crippen LogP contribution in [0, 0.1) is 0 Å². The van der Waals surface area contributed by atoms with E-state index in [0.29, 0.717) is 11.8 Å². The Kier molecular flexibility index (Phi) is 7.87. The van der Waals surface area contributed by atoms with Gasteiger partial charge < -0.3 is 15.2 Å². The van der Waals surface area contributed by atoms with Gasteiger partial charge in [-0.1, -0.05) is 36.0 Å². The number of nitrogens with two attached hydrogens (primary N) is 1. The minimum Gasteiger partial charge on any atom is -0.497 e. The Labute approximate surface area is 172 Å². The Hall–Kier alpha value is -1.85. The summed E-state index contributed by atoms with van der Waals surface area (Å²) < 4.78 is 11.2. The van der Waals surface area contributed by atoms with Crippen LogP contribution in [0.3, 0.4) is 0 Å². The molecule has 0 radical (unpaired) electrons. The van der Waals surface area contributed by atoms with Crippen molar-refractivity contribution in [1.29, 1.82) is 0 Å². The van der Waals surface area contributed by atoms with Crippen LogP contribution in [0.25, 0.3) is 0 Å². The van der Waals surface area contributed by atoms with Crippen molar-refractivity contribution in [1.82, 2.24) is 0 Å². The molecule has 0 amide bonds. The topological polar surface area (TPSA) is 56.8 Å². The molecule has 0 saturated carbocycles. The summed E-state index contributed by atoms with van der Waals surface area (Å²) in [6.45, 7) is 2.83. The van der Waals surface area contributed by atoms with Crippen molar-refractivity contribution in [3.05, 3.63) is 59.7 Å². The maximum atomic E-state index is 5.97. The number of hydrogen-bond acceptors (Lipinski definition) is 5. The highest BCUT2D eigenvalue weighted by atomic mass is 35.5. The molecule has 3 rings (SSSR count). The van der Waals surface area contributed by atoms with Crippen molar-refractivity contribution in [2.45, 2.75) is 31.7 Å². The van der Waals surface area contributed by atoms with Crippen molar-refractivity contribution >= 4 is 29.3 Å². The molecule has 1 atom stereocenters. The highest BCUT2D eigenvalue weighted by molar-refractivity contribution is 8.13. The largest absolute Gasteiger partial charge is 0.497 e. The summed E-state index contributed by atoms with van der Waals surface area (Å²) in [4.78, 5) is 4.67. The summed E-state index contributed by atoms with van der Waals surface area (Å²) in [7, 11) is 1.68. The number of methoxy groups -OCH3 is 1. The quantitative estimate of drug-likeness (QED) is 0.671. The zero-order chi connectivity index (χ0) is 18.4. The summed E-state index contributed by atoms with van der Waals surface area (Å²) in [5.41, 5.74) is 8.13. The Morgan fingerprint density at radius 1 is 1.15 bits per heavy atom. The van der Waals surface area contributed by atoms with Crippen LogP contribution in [0.15, 0.2) is 53.5 Å². The van der Waals surface area contributed by atoms with Gasteiger partial charge in [-0.3, -0.25) is 4.99 Å². The SMILES string of the molecule is COc1ccc(CCCOc2cccc(C3(C)CCSC(N)=N3)c2)cc1.Cl. The first-order chi connectivity index (χ1) is 12.6. The van der Waals surface area contributed by atoms with E-state index in [4.69, 9.17) is 15.2 Å². The molecule has 4 nitrogen and oxygen atoms in total. The number of nitrogens with zero attached hydrogens (tertiary/aromatic N) is 1. The predicted molar refractivity (Wildman–Crippen MR) is 117 cm³/mol. The molecule has 0 spiro atoms. The molecule has 1 aliphatic heterocycles. The first-order valence-corrected chi connectivity index (χ1v) is 9.92. The number of benzene rings is 2. The molecule has 0 saturated heterocycles. The molecule has 1 heterocycles. The highest BCUT2D eigenvalue weighted by Gasteiger charge is 2.29. The van der Waals surface area contributed by atoms with E-state index in [1.807, 2.05) is 24.3 Å². The lowest BCUT2D eigenvalue weighted by atomic mass is 9.90. The maximum Gasteiger partial charge on any atom is 0.154 e. The molecule has 2 N–H and O–H groups in total. The first kappa shape index (κ1) is 21.5. The van der Waals surface area contributed by atoms with E-state index in [0.717, 1.165) is 42.1 Å². The van der Waals surface area contributed by atoms with Crippen LogP contribution in [0.4, 0.5) is 0 Å². The molecule has 0 fully saturated rings. The summed E-state index contributed by atoms with van der Waals surface area (Å²) in [6.07, 6.45) is 2.94. The van der Waals surface area contributed by atoms with Crippen molar-refractivity contribution in [2.75, 3.05) is 19.5 Å². The fourth-order valence-electron chi connectivity index (χ4n) is 3.07. The second kappa shape index (κ2) is 9.90.